The Morgan fingerprint density at radius 2 is 2.00 bits per heavy atom. The minimum Gasteiger partial charge on any atom is -0.385 e. The maximum absolute atomic E-state index is 5.14. The number of hydrogen-bond donors (Lipinski definition) is 1. The third-order valence-corrected chi connectivity index (χ3v) is 3.26. The highest BCUT2D eigenvalue weighted by atomic mass is 35.5. The molecule has 1 atom stereocenters. The highest BCUT2D eigenvalue weighted by Gasteiger charge is 2.18. The van der Waals surface area contributed by atoms with Crippen molar-refractivity contribution in [3.8, 4) is 0 Å². The second kappa shape index (κ2) is 10.5. The molecule has 19 heavy (non-hydrogen) atoms. The molecule has 1 aromatic rings. The topological polar surface area (TPSA) is 24.5 Å². The quantitative estimate of drug-likeness (QED) is 0.904. The van der Waals surface area contributed by atoms with Gasteiger partial charge in [0, 0.05) is 45.9 Å². The normalized spacial score (nSPS) is 19.3. The molecule has 0 aliphatic carbocycles. The molecule has 0 spiro atoms. The second-order valence-electron chi connectivity index (χ2n) is 4.65. The van der Waals surface area contributed by atoms with Crippen molar-refractivity contribution < 1.29 is 4.74 Å². The van der Waals surface area contributed by atoms with Gasteiger partial charge in [0.2, 0.25) is 0 Å². The van der Waals surface area contributed by atoms with Gasteiger partial charge in [0.15, 0.2) is 0 Å². The molecule has 0 aromatic heterocycles. The largest absolute Gasteiger partial charge is 0.385 e. The van der Waals surface area contributed by atoms with Crippen LogP contribution in [-0.4, -0.2) is 44.3 Å². The summed E-state index contributed by atoms with van der Waals surface area (Å²) in [5.74, 6) is 0. The molecule has 0 amide bonds. The van der Waals surface area contributed by atoms with E-state index >= 15 is 0 Å². The highest BCUT2D eigenvalue weighted by molar-refractivity contribution is 5.85. The first-order valence-electron chi connectivity index (χ1n) is 6.37. The van der Waals surface area contributed by atoms with Gasteiger partial charge < -0.3 is 10.1 Å². The number of ether oxygens (including phenoxy) is 1. The summed E-state index contributed by atoms with van der Waals surface area (Å²) in [5.41, 5.74) is 1.40. The van der Waals surface area contributed by atoms with Crippen molar-refractivity contribution in [2.45, 2.75) is 19.0 Å². The van der Waals surface area contributed by atoms with Crippen LogP contribution in [0.3, 0.4) is 0 Å². The van der Waals surface area contributed by atoms with Crippen LogP contribution in [0.5, 0.6) is 0 Å². The minimum absolute atomic E-state index is 0. The monoisotopic (exact) mass is 306 g/mol. The van der Waals surface area contributed by atoms with Gasteiger partial charge in [-0.3, -0.25) is 4.90 Å². The summed E-state index contributed by atoms with van der Waals surface area (Å²) in [6.45, 7) is 5.25. The first-order valence-corrected chi connectivity index (χ1v) is 6.37. The standard InChI is InChI=1S/C14H22N2O.2ClH/c1-17-10-7-14-12-16(9-8-15-14)11-13-5-3-2-4-6-13;;/h2-6,14-15H,7-12H2,1H3;2*1H/t14-;;/m1../s1. The molecule has 0 saturated carbocycles. The summed E-state index contributed by atoms with van der Waals surface area (Å²) in [4.78, 5) is 2.52. The number of benzene rings is 1. The number of rotatable bonds is 5. The van der Waals surface area contributed by atoms with Crippen molar-refractivity contribution >= 4 is 24.8 Å². The molecule has 1 aliphatic rings. The maximum atomic E-state index is 5.14. The molecule has 0 bridgehead atoms. The Hall–Kier alpha value is -0.320. The van der Waals surface area contributed by atoms with E-state index < -0.39 is 0 Å². The fourth-order valence-corrected chi connectivity index (χ4v) is 2.33. The number of nitrogens with zero attached hydrogens (tertiary/aromatic N) is 1. The molecule has 1 fully saturated rings. The summed E-state index contributed by atoms with van der Waals surface area (Å²) in [6.07, 6.45) is 1.10. The predicted molar refractivity (Wildman–Crippen MR) is 84.5 cm³/mol. The van der Waals surface area contributed by atoms with Crippen LogP contribution >= 0.6 is 24.8 Å². The summed E-state index contributed by atoms with van der Waals surface area (Å²) >= 11 is 0. The van der Waals surface area contributed by atoms with Crippen LogP contribution in [0.4, 0.5) is 0 Å². The predicted octanol–water partition coefficient (Wildman–Crippen LogP) is 2.34. The van der Waals surface area contributed by atoms with E-state index in [1.807, 2.05) is 0 Å². The molecule has 3 nitrogen and oxygen atoms in total. The molecular formula is C14H24Cl2N2O. The van der Waals surface area contributed by atoms with Crippen LogP contribution < -0.4 is 5.32 Å². The molecule has 0 unspecified atom stereocenters. The van der Waals surface area contributed by atoms with E-state index in [4.69, 9.17) is 4.74 Å². The Morgan fingerprint density at radius 1 is 1.26 bits per heavy atom. The fraction of sp³-hybridized carbons (Fsp3) is 0.571. The average molecular weight is 307 g/mol. The van der Waals surface area contributed by atoms with E-state index in [2.05, 4.69) is 40.5 Å². The van der Waals surface area contributed by atoms with Crippen LogP contribution in [0.15, 0.2) is 30.3 Å². The summed E-state index contributed by atoms with van der Waals surface area (Å²) in [7, 11) is 1.77. The third kappa shape index (κ3) is 6.59. The van der Waals surface area contributed by atoms with E-state index in [1.165, 1.54) is 5.56 Å². The third-order valence-electron chi connectivity index (χ3n) is 3.26. The van der Waals surface area contributed by atoms with Gasteiger partial charge in [-0.15, -0.1) is 24.8 Å². The van der Waals surface area contributed by atoms with Gasteiger partial charge in [-0.1, -0.05) is 30.3 Å². The lowest BCUT2D eigenvalue weighted by Gasteiger charge is -2.33. The Labute approximate surface area is 128 Å². The molecular weight excluding hydrogens is 283 g/mol. The first-order chi connectivity index (χ1) is 8.38. The van der Waals surface area contributed by atoms with Crippen molar-refractivity contribution in [3.05, 3.63) is 35.9 Å². The van der Waals surface area contributed by atoms with Crippen LogP contribution in [0, 0.1) is 0 Å². The number of nitrogens with one attached hydrogen (secondary N) is 1. The van der Waals surface area contributed by atoms with Crippen molar-refractivity contribution in [2.75, 3.05) is 33.4 Å². The average Bonchev–Trinajstić information content (AvgIpc) is 2.38. The molecule has 1 aromatic carbocycles. The zero-order chi connectivity index (χ0) is 11.9. The van der Waals surface area contributed by atoms with Gasteiger partial charge in [0.05, 0.1) is 0 Å². The summed E-state index contributed by atoms with van der Waals surface area (Å²) < 4.78 is 5.14. The smallest absolute Gasteiger partial charge is 0.0477 e. The Balaban J connectivity index is 0.00000162. The van der Waals surface area contributed by atoms with Crippen LogP contribution in [0.1, 0.15) is 12.0 Å². The van der Waals surface area contributed by atoms with Gasteiger partial charge in [0.1, 0.15) is 0 Å². The van der Waals surface area contributed by atoms with Gasteiger partial charge >= 0.3 is 0 Å². The van der Waals surface area contributed by atoms with Crippen molar-refractivity contribution in [1.82, 2.24) is 10.2 Å². The maximum Gasteiger partial charge on any atom is 0.0477 e. The minimum atomic E-state index is 0. The summed E-state index contributed by atoms with van der Waals surface area (Å²) in [6, 6.07) is 11.3. The van der Waals surface area contributed by atoms with Crippen molar-refractivity contribution in [2.24, 2.45) is 0 Å². The molecule has 0 radical (unpaired) electrons. The van der Waals surface area contributed by atoms with Crippen LogP contribution in [-0.2, 0) is 11.3 Å². The lowest BCUT2D eigenvalue weighted by molar-refractivity contribution is 0.144. The molecule has 1 N–H and O–H groups in total. The SMILES string of the molecule is COCC[C@@H]1CN(Cc2ccccc2)CCN1.Cl.Cl. The van der Waals surface area contributed by atoms with Crippen molar-refractivity contribution in [3.63, 3.8) is 0 Å². The summed E-state index contributed by atoms with van der Waals surface area (Å²) in [5, 5.41) is 3.55. The Bertz CT molecular complexity index is 324. The van der Waals surface area contributed by atoms with Gasteiger partial charge in [-0.2, -0.15) is 0 Å². The molecule has 1 heterocycles. The van der Waals surface area contributed by atoms with Crippen LogP contribution in [0.2, 0.25) is 0 Å². The van der Waals surface area contributed by atoms with E-state index in [0.29, 0.717) is 6.04 Å². The zero-order valence-electron chi connectivity index (χ0n) is 11.4. The van der Waals surface area contributed by atoms with E-state index in [1.54, 1.807) is 7.11 Å². The molecule has 110 valence electrons. The van der Waals surface area contributed by atoms with E-state index in [-0.39, 0.29) is 24.8 Å². The van der Waals surface area contributed by atoms with Gasteiger partial charge in [-0.25, -0.2) is 0 Å². The molecule has 2 rings (SSSR count). The molecule has 1 aliphatic heterocycles. The Morgan fingerprint density at radius 3 is 2.68 bits per heavy atom. The highest BCUT2D eigenvalue weighted by Crippen LogP contribution is 2.08. The lowest BCUT2D eigenvalue weighted by atomic mass is 10.1. The number of hydrogen-bond acceptors (Lipinski definition) is 3. The number of halogens is 2. The Kier molecular flexibility index (Phi) is 10.3. The molecule has 5 heteroatoms. The fourth-order valence-electron chi connectivity index (χ4n) is 2.33. The molecule has 1 saturated heterocycles. The number of piperazine rings is 1. The van der Waals surface area contributed by atoms with E-state index in [0.717, 1.165) is 39.2 Å². The second-order valence-corrected chi connectivity index (χ2v) is 4.65. The first kappa shape index (κ1) is 18.7. The zero-order valence-corrected chi connectivity index (χ0v) is 13.0. The lowest BCUT2D eigenvalue weighted by Crippen LogP contribution is -2.50. The van der Waals surface area contributed by atoms with Crippen molar-refractivity contribution in [1.29, 1.82) is 0 Å². The van der Waals surface area contributed by atoms with Crippen LogP contribution in [0.25, 0.3) is 0 Å². The van der Waals surface area contributed by atoms with Gasteiger partial charge in [-0.05, 0) is 12.0 Å². The van der Waals surface area contributed by atoms with E-state index in [9.17, 15) is 0 Å². The number of methoxy groups -OCH3 is 1. The van der Waals surface area contributed by atoms with Gasteiger partial charge in [0.25, 0.3) is 0 Å².